The van der Waals surface area contributed by atoms with Crippen molar-refractivity contribution < 1.29 is 14.3 Å². The maximum absolute atomic E-state index is 12.8. The Bertz CT molecular complexity index is 957. The molecule has 4 heterocycles. The summed E-state index contributed by atoms with van der Waals surface area (Å²) >= 11 is 1.20. The first-order valence-electron chi connectivity index (χ1n) is 8.91. The van der Waals surface area contributed by atoms with Crippen LogP contribution in [0.25, 0.3) is 11.1 Å². The first kappa shape index (κ1) is 18.5. The fourth-order valence-corrected chi connectivity index (χ4v) is 3.50. The summed E-state index contributed by atoms with van der Waals surface area (Å²) in [7, 11) is 0. The molecule has 4 rings (SSSR count). The van der Waals surface area contributed by atoms with Crippen LogP contribution in [0.5, 0.6) is 5.19 Å². The number of amides is 1. The molecule has 3 aromatic rings. The number of carbonyl (C=O) groups excluding carboxylic acids is 1. The monoisotopic (exact) mass is 397 g/mol. The van der Waals surface area contributed by atoms with Crippen molar-refractivity contribution in [2.75, 3.05) is 25.1 Å². The lowest BCUT2D eigenvalue weighted by atomic mass is 10.0. The molecule has 1 unspecified atom stereocenters. The number of nitrogens with one attached hydrogen (secondary N) is 1. The molecular formula is C19H19N5O3S. The Morgan fingerprint density at radius 3 is 3.00 bits per heavy atom. The number of ether oxygens (including phenoxy) is 2. The minimum Gasteiger partial charge on any atom is -0.469 e. The molecule has 1 aliphatic heterocycles. The quantitative estimate of drug-likeness (QED) is 0.682. The summed E-state index contributed by atoms with van der Waals surface area (Å²) < 4.78 is 11.0. The topological polar surface area (TPSA) is 99.1 Å². The molecule has 3 aromatic heterocycles. The van der Waals surface area contributed by atoms with E-state index < -0.39 is 0 Å². The maximum atomic E-state index is 12.8. The second kappa shape index (κ2) is 8.41. The molecule has 0 bridgehead atoms. The number of hydrogen-bond donors (Lipinski definition) is 1. The average Bonchev–Trinajstić information content (AvgIpc) is 3.39. The Labute approximate surface area is 166 Å². The number of aryl methyl sites for hydroxylation is 1. The van der Waals surface area contributed by atoms with Gasteiger partial charge in [-0.3, -0.25) is 20.1 Å². The number of nitrogens with zero attached hydrogens (tertiary/aromatic N) is 4. The Morgan fingerprint density at radius 2 is 2.21 bits per heavy atom. The summed E-state index contributed by atoms with van der Waals surface area (Å²) in [6, 6.07) is 5.59. The van der Waals surface area contributed by atoms with Gasteiger partial charge in [0.1, 0.15) is 0 Å². The van der Waals surface area contributed by atoms with Crippen LogP contribution in [0.2, 0.25) is 0 Å². The zero-order valence-electron chi connectivity index (χ0n) is 15.3. The van der Waals surface area contributed by atoms with Gasteiger partial charge in [0.2, 0.25) is 5.13 Å². The van der Waals surface area contributed by atoms with E-state index in [0.717, 1.165) is 29.8 Å². The summed E-state index contributed by atoms with van der Waals surface area (Å²) in [6.07, 6.45) is 5.94. The maximum Gasteiger partial charge on any atom is 0.295 e. The van der Waals surface area contributed by atoms with Gasteiger partial charge in [-0.05, 0) is 54.0 Å². The van der Waals surface area contributed by atoms with Gasteiger partial charge in [0.05, 0.1) is 18.8 Å². The van der Waals surface area contributed by atoms with Crippen LogP contribution >= 0.6 is 11.3 Å². The molecule has 0 spiro atoms. The zero-order chi connectivity index (χ0) is 19.3. The van der Waals surface area contributed by atoms with Crippen LogP contribution in [0.1, 0.15) is 22.5 Å². The van der Waals surface area contributed by atoms with Crippen LogP contribution in [0.3, 0.4) is 0 Å². The van der Waals surface area contributed by atoms with E-state index >= 15 is 0 Å². The van der Waals surface area contributed by atoms with E-state index in [0.29, 0.717) is 35.0 Å². The smallest absolute Gasteiger partial charge is 0.295 e. The summed E-state index contributed by atoms with van der Waals surface area (Å²) in [6.45, 7) is 3.91. The highest BCUT2D eigenvalue weighted by Crippen LogP contribution is 2.27. The van der Waals surface area contributed by atoms with Gasteiger partial charge in [-0.2, -0.15) is 0 Å². The normalized spacial score (nSPS) is 16.1. The van der Waals surface area contributed by atoms with Crippen molar-refractivity contribution in [2.45, 2.75) is 13.3 Å². The number of carbonyl (C=O) groups is 1. The largest absolute Gasteiger partial charge is 0.469 e. The fourth-order valence-electron chi connectivity index (χ4n) is 2.90. The summed E-state index contributed by atoms with van der Waals surface area (Å²) in [5, 5.41) is 11.6. The van der Waals surface area contributed by atoms with Gasteiger partial charge < -0.3 is 9.47 Å². The van der Waals surface area contributed by atoms with Crippen molar-refractivity contribution in [3.63, 3.8) is 0 Å². The number of hydrogen-bond acceptors (Lipinski definition) is 8. The molecule has 1 fully saturated rings. The van der Waals surface area contributed by atoms with Crippen LogP contribution in [-0.4, -0.2) is 45.9 Å². The van der Waals surface area contributed by atoms with E-state index in [2.05, 4.69) is 25.5 Å². The van der Waals surface area contributed by atoms with Crippen LogP contribution < -0.4 is 10.1 Å². The Kier molecular flexibility index (Phi) is 5.54. The molecule has 1 saturated heterocycles. The molecule has 28 heavy (non-hydrogen) atoms. The third-order valence-electron chi connectivity index (χ3n) is 4.37. The van der Waals surface area contributed by atoms with E-state index in [-0.39, 0.29) is 5.91 Å². The summed E-state index contributed by atoms with van der Waals surface area (Å²) in [4.78, 5) is 21.1. The van der Waals surface area contributed by atoms with Crippen LogP contribution in [0.15, 0.2) is 36.8 Å². The van der Waals surface area contributed by atoms with Gasteiger partial charge in [-0.1, -0.05) is 5.10 Å². The van der Waals surface area contributed by atoms with Crippen molar-refractivity contribution in [2.24, 2.45) is 5.92 Å². The Morgan fingerprint density at radius 1 is 1.36 bits per heavy atom. The number of aromatic nitrogens is 4. The molecule has 144 valence electrons. The number of pyridine rings is 2. The van der Waals surface area contributed by atoms with Crippen molar-refractivity contribution in [3.05, 3.63) is 48.0 Å². The highest BCUT2D eigenvalue weighted by atomic mass is 32.1. The van der Waals surface area contributed by atoms with Crippen LogP contribution in [0, 0.1) is 12.8 Å². The third-order valence-corrected chi connectivity index (χ3v) is 5.12. The van der Waals surface area contributed by atoms with E-state index in [1.807, 2.05) is 25.1 Å². The zero-order valence-corrected chi connectivity index (χ0v) is 16.1. The summed E-state index contributed by atoms with van der Waals surface area (Å²) in [5.41, 5.74) is 2.96. The van der Waals surface area contributed by atoms with E-state index in [1.54, 1.807) is 18.6 Å². The molecule has 1 aliphatic rings. The van der Waals surface area contributed by atoms with E-state index in [1.165, 1.54) is 11.3 Å². The average molecular weight is 397 g/mol. The lowest BCUT2D eigenvalue weighted by molar-refractivity contribution is 0.102. The van der Waals surface area contributed by atoms with Gasteiger partial charge in [0, 0.05) is 36.8 Å². The number of rotatable bonds is 6. The second-order valence-corrected chi connectivity index (χ2v) is 7.42. The van der Waals surface area contributed by atoms with Crippen molar-refractivity contribution in [3.8, 4) is 16.3 Å². The van der Waals surface area contributed by atoms with Gasteiger partial charge in [-0.15, -0.1) is 5.10 Å². The fraction of sp³-hybridized carbons (Fsp3) is 0.316. The molecule has 8 nitrogen and oxygen atoms in total. The lowest BCUT2D eigenvalue weighted by Gasteiger charge is -2.09. The standard InChI is InChI=1S/C19H19N5O3S/c1-12-8-15(14-2-5-20-6-3-14)16(9-21-12)17(25)22-18-23-24-19(28-18)27-11-13-4-7-26-10-13/h2-3,5-6,8-9,13H,4,7,10-11H2,1H3,(H,22,23,25). The molecule has 0 aromatic carbocycles. The molecule has 1 N–H and O–H groups in total. The van der Waals surface area contributed by atoms with Crippen LogP contribution in [0.4, 0.5) is 5.13 Å². The second-order valence-electron chi connectivity index (χ2n) is 6.48. The van der Waals surface area contributed by atoms with Gasteiger partial charge in [-0.25, -0.2) is 0 Å². The lowest BCUT2D eigenvalue weighted by Crippen LogP contribution is -2.13. The minimum absolute atomic E-state index is 0.300. The van der Waals surface area contributed by atoms with Gasteiger partial charge >= 0.3 is 0 Å². The van der Waals surface area contributed by atoms with E-state index in [4.69, 9.17) is 9.47 Å². The molecule has 0 saturated carbocycles. The predicted octanol–water partition coefficient (Wildman–Crippen LogP) is 2.97. The minimum atomic E-state index is -0.300. The molecule has 9 heteroatoms. The van der Waals surface area contributed by atoms with Crippen molar-refractivity contribution in [1.82, 2.24) is 20.2 Å². The van der Waals surface area contributed by atoms with E-state index in [9.17, 15) is 4.79 Å². The molecule has 0 aliphatic carbocycles. The molecule has 1 atom stereocenters. The summed E-state index contributed by atoms with van der Waals surface area (Å²) in [5.74, 6) is 0.0784. The Balaban J connectivity index is 1.47. The highest BCUT2D eigenvalue weighted by molar-refractivity contribution is 7.17. The van der Waals surface area contributed by atoms with Gasteiger partial charge in [0.25, 0.3) is 11.1 Å². The third kappa shape index (κ3) is 4.32. The number of anilines is 1. The van der Waals surface area contributed by atoms with Crippen LogP contribution in [-0.2, 0) is 4.74 Å². The molecule has 1 amide bonds. The first-order valence-corrected chi connectivity index (χ1v) is 9.73. The first-order chi connectivity index (χ1) is 13.7. The Hall–Kier alpha value is -2.91. The predicted molar refractivity (Wildman–Crippen MR) is 104 cm³/mol. The van der Waals surface area contributed by atoms with Gasteiger partial charge in [0.15, 0.2) is 0 Å². The molecular weight excluding hydrogens is 378 g/mol. The highest BCUT2D eigenvalue weighted by Gasteiger charge is 2.19. The van der Waals surface area contributed by atoms with Crippen molar-refractivity contribution in [1.29, 1.82) is 0 Å². The SMILES string of the molecule is Cc1cc(-c2ccncc2)c(C(=O)Nc2nnc(OCC3CCOC3)s2)cn1. The van der Waals surface area contributed by atoms with Crippen molar-refractivity contribution >= 4 is 22.4 Å². The molecule has 0 radical (unpaired) electrons.